The molecular formula is C12H23NO4S. The maximum absolute atomic E-state index is 12.1. The molecule has 1 rings (SSSR count). The van der Waals surface area contributed by atoms with Crippen molar-refractivity contribution in [2.24, 2.45) is 5.92 Å². The summed E-state index contributed by atoms with van der Waals surface area (Å²) in [5.41, 5.74) is 0. The zero-order chi connectivity index (χ0) is 13.8. The average molecular weight is 277 g/mol. The van der Waals surface area contributed by atoms with Gasteiger partial charge in [0.1, 0.15) is 0 Å². The minimum atomic E-state index is -3.23. The number of esters is 1. The van der Waals surface area contributed by atoms with Gasteiger partial charge in [-0.1, -0.05) is 6.92 Å². The molecule has 0 aromatic heterocycles. The van der Waals surface area contributed by atoms with Crippen molar-refractivity contribution in [3.63, 3.8) is 0 Å². The number of piperidine rings is 1. The molecule has 0 bridgehead atoms. The standard InChI is InChI=1S/C12H23NO4S/c1-10-6-7-13(11(2)9-10)18(15,16)8-4-5-12(14)17-3/h10-11H,4-9H2,1-3H3. The summed E-state index contributed by atoms with van der Waals surface area (Å²) >= 11 is 0. The van der Waals surface area contributed by atoms with Crippen LogP contribution < -0.4 is 0 Å². The molecule has 0 spiro atoms. The second-order valence-corrected chi connectivity index (χ2v) is 7.13. The van der Waals surface area contributed by atoms with Crippen LogP contribution in [-0.4, -0.2) is 44.1 Å². The van der Waals surface area contributed by atoms with Crippen molar-refractivity contribution in [3.05, 3.63) is 0 Å². The molecule has 18 heavy (non-hydrogen) atoms. The molecule has 0 aromatic carbocycles. The van der Waals surface area contributed by atoms with Crippen LogP contribution in [0.1, 0.15) is 39.5 Å². The third-order valence-corrected chi connectivity index (χ3v) is 5.51. The van der Waals surface area contributed by atoms with Gasteiger partial charge in [0.2, 0.25) is 10.0 Å². The van der Waals surface area contributed by atoms with E-state index in [-0.39, 0.29) is 24.2 Å². The van der Waals surface area contributed by atoms with Gasteiger partial charge >= 0.3 is 5.97 Å². The van der Waals surface area contributed by atoms with E-state index < -0.39 is 10.0 Å². The summed E-state index contributed by atoms with van der Waals surface area (Å²) < 4.78 is 30.4. The highest BCUT2D eigenvalue weighted by Gasteiger charge is 2.31. The van der Waals surface area contributed by atoms with Gasteiger partial charge in [-0.2, -0.15) is 4.31 Å². The molecule has 106 valence electrons. The summed E-state index contributed by atoms with van der Waals surface area (Å²) in [6.07, 6.45) is 2.32. The number of methoxy groups -OCH3 is 1. The topological polar surface area (TPSA) is 63.7 Å². The van der Waals surface area contributed by atoms with Crippen molar-refractivity contribution in [1.82, 2.24) is 4.31 Å². The highest BCUT2D eigenvalue weighted by atomic mass is 32.2. The summed E-state index contributed by atoms with van der Waals surface area (Å²) in [6.45, 7) is 4.70. The van der Waals surface area contributed by atoms with E-state index >= 15 is 0 Å². The van der Waals surface area contributed by atoms with Gasteiger partial charge in [0.25, 0.3) is 0 Å². The maximum atomic E-state index is 12.1. The van der Waals surface area contributed by atoms with Crippen molar-refractivity contribution in [2.75, 3.05) is 19.4 Å². The zero-order valence-corrected chi connectivity index (χ0v) is 12.2. The molecule has 6 heteroatoms. The molecule has 0 aliphatic carbocycles. The Bertz CT molecular complexity index is 380. The molecule has 0 amide bonds. The van der Waals surface area contributed by atoms with Gasteiger partial charge in [0, 0.05) is 19.0 Å². The van der Waals surface area contributed by atoms with E-state index in [9.17, 15) is 13.2 Å². The van der Waals surface area contributed by atoms with E-state index in [1.165, 1.54) is 7.11 Å². The molecule has 5 nitrogen and oxygen atoms in total. The van der Waals surface area contributed by atoms with Crippen LogP contribution in [0.3, 0.4) is 0 Å². The summed E-state index contributed by atoms with van der Waals surface area (Å²) in [6, 6.07) is 0.0666. The Morgan fingerprint density at radius 3 is 2.61 bits per heavy atom. The van der Waals surface area contributed by atoms with Crippen molar-refractivity contribution < 1.29 is 17.9 Å². The first-order chi connectivity index (χ1) is 8.36. The smallest absolute Gasteiger partial charge is 0.305 e. The maximum Gasteiger partial charge on any atom is 0.305 e. The SMILES string of the molecule is COC(=O)CCCS(=O)(=O)N1CCC(C)CC1C. The molecular weight excluding hydrogens is 254 g/mol. The molecule has 1 saturated heterocycles. The van der Waals surface area contributed by atoms with Crippen LogP contribution in [0.15, 0.2) is 0 Å². The van der Waals surface area contributed by atoms with Crippen LogP contribution in [0.5, 0.6) is 0 Å². The molecule has 1 heterocycles. The number of sulfonamides is 1. The number of hydrogen-bond acceptors (Lipinski definition) is 4. The Labute approximate surface area is 110 Å². The lowest BCUT2D eigenvalue weighted by Crippen LogP contribution is -2.45. The van der Waals surface area contributed by atoms with E-state index in [1.54, 1.807) is 4.31 Å². The summed E-state index contributed by atoms with van der Waals surface area (Å²) in [7, 11) is -1.92. The highest BCUT2D eigenvalue weighted by molar-refractivity contribution is 7.89. The number of carbonyl (C=O) groups is 1. The molecule has 0 radical (unpaired) electrons. The van der Waals surface area contributed by atoms with Crippen molar-refractivity contribution in [2.45, 2.75) is 45.6 Å². The fourth-order valence-electron chi connectivity index (χ4n) is 2.42. The van der Waals surface area contributed by atoms with Crippen LogP contribution >= 0.6 is 0 Å². The largest absolute Gasteiger partial charge is 0.469 e. The summed E-state index contributed by atoms with van der Waals surface area (Å²) in [4.78, 5) is 11.0. The molecule has 1 aliphatic rings. The van der Waals surface area contributed by atoms with E-state index in [1.807, 2.05) is 6.92 Å². The molecule has 2 atom stereocenters. The van der Waals surface area contributed by atoms with Gasteiger partial charge in [-0.25, -0.2) is 8.42 Å². The normalized spacial score (nSPS) is 25.9. The van der Waals surface area contributed by atoms with E-state index in [0.717, 1.165) is 12.8 Å². The monoisotopic (exact) mass is 277 g/mol. The fourth-order valence-corrected chi connectivity index (χ4v) is 4.18. The Hall–Kier alpha value is -0.620. The molecule has 1 aliphatic heterocycles. The number of nitrogens with zero attached hydrogens (tertiary/aromatic N) is 1. The molecule has 0 N–H and O–H groups in total. The minimum Gasteiger partial charge on any atom is -0.469 e. The first-order valence-electron chi connectivity index (χ1n) is 6.43. The molecule has 0 aromatic rings. The van der Waals surface area contributed by atoms with Gasteiger partial charge < -0.3 is 4.74 Å². The van der Waals surface area contributed by atoms with Crippen molar-refractivity contribution >= 4 is 16.0 Å². The summed E-state index contributed by atoms with van der Waals surface area (Å²) in [5.74, 6) is 0.257. The van der Waals surface area contributed by atoms with E-state index in [2.05, 4.69) is 11.7 Å². The Balaban J connectivity index is 2.50. The summed E-state index contributed by atoms with van der Waals surface area (Å²) in [5, 5.41) is 0. The lowest BCUT2D eigenvalue weighted by atomic mass is 9.95. The minimum absolute atomic E-state index is 0.0286. The number of hydrogen-bond donors (Lipinski definition) is 0. The second-order valence-electron chi connectivity index (χ2n) is 5.08. The fraction of sp³-hybridized carbons (Fsp3) is 0.917. The van der Waals surface area contributed by atoms with Crippen LogP contribution in [0, 0.1) is 5.92 Å². The van der Waals surface area contributed by atoms with Gasteiger partial charge in [-0.05, 0) is 32.1 Å². The third kappa shape index (κ3) is 4.24. The third-order valence-electron chi connectivity index (χ3n) is 3.45. The van der Waals surface area contributed by atoms with E-state index in [0.29, 0.717) is 18.9 Å². The predicted molar refractivity (Wildman–Crippen MR) is 69.6 cm³/mol. The first kappa shape index (κ1) is 15.4. The second kappa shape index (κ2) is 6.52. The molecule has 2 unspecified atom stereocenters. The van der Waals surface area contributed by atoms with Gasteiger partial charge in [-0.15, -0.1) is 0 Å². The Kier molecular flexibility index (Phi) is 5.59. The van der Waals surface area contributed by atoms with Crippen LogP contribution in [-0.2, 0) is 19.6 Å². The number of carbonyl (C=O) groups excluding carboxylic acids is 1. The lowest BCUT2D eigenvalue weighted by Gasteiger charge is -2.35. The van der Waals surface area contributed by atoms with Crippen molar-refractivity contribution in [1.29, 1.82) is 0 Å². The lowest BCUT2D eigenvalue weighted by molar-refractivity contribution is -0.140. The number of ether oxygens (including phenoxy) is 1. The van der Waals surface area contributed by atoms with Gasteiger partial charge in [0.15, 0.2) is 0 Å². The Morgan fingerprint density at radius 2 is 2.06 bits per heavy atom. The van der Waals surface area contributed by atoms with Crippen LogP contribution in [0.2, 0.25) is 0 Å². The first-order valence-corrected chi connectivity index (χ1v) is 8.04. The average Bonchev–Trinajstić information content (AvgIpc) is 2.27. The van der Waals surface area contributed by atoms with Gasteiger partial charge in [-0.3, -0.25) is 4.79 Å². The van der Waals surface area contributed by atoms with Gasteiger partial charge in [0.05, 0.1) is 12.9 Å². The quantitative estimate of drug-likeness (QED) is 0.712. The van der Waals surface area contributed by atoms with Crippen LogP contribution in [0.4, 0.5) is 0 Å². The van der Waals surface area contributed by atoms with Crippen molar-refractivity contribution in [3.8, 4) is 0 Å². The van der Waals surface area contributed by atoms with E-state index in [4.69, 9.17) is 0 Å². The highest BCUT2D eigenvalue weighted by Crippen LogP contribution is 2.25. The molecule has 0 saturated carbocycles. The molecule has 1 fully saturated rings. The number of rotatable bonds is 5. The Morgan fingerprint density at radius 1 is 1.39 bits per heavy atom. The predicted octanol–water partition coefficient (Wildman–Crippen LogP) is 1.39. The van der Waals surface area contributed by atoms with Crippen LogP contribution in [0.25, 0.3) is 0 Å². The zero-order valence-electron chi connectivity index (χ0n) is 11.4.